The molecule has 6 nitrogen and oxygen atoms in total. The summed E-state index contributed by atoms with van der Waals surface area (Å²) in [5.74, 6) is 2.46. The van der Waals surface area contributed by atoms with Gasteiger partial charge in [0.25, 0.3) is 0 Å². The molecule has 2 aromatic heterocycles. The van der Waals surface area contributed by atoms with E-state index in [9.17, 15) is 0 Å². The Balaban J connectivity index is 0.907. The number of benzene rings is 17. The van der Waals surface area contributed by atoms with E-state index < -0.39 is 5.41 Å². The summed E-state index contributed by atoms with van der Waals surface area (Å²) in [6.45, 7) is 20.9. The molecule has 0 amide bonds. The first-order chi connectivity index (χ1) is 58.4. The molecule has 120 heavy (non-hydrogen) atoms. The van der Waals surface area contributed by atoms with Gasteiger partial charge in [0, 0.05) is 84.7 Å². The van der Waals surface area contributed by atoms with Gasteiger partial charge in [0.05, 0.1) is 44.8 Å². The molecular weight excluding hydrogens is 1460 g/mol. The quantitative estimate of drug-likeness (QED) is 0.0858. The average molecular weight is 1550 g/mol. The Morgan fingerprint density at radius 3 is 1.03 bits per heavy atom. The first-order valence-corrected chi connectivity index (χ1v) is 41.7. The molecule has 19 aromatic rings. The highest BCUT2D eigenvalue weighted by Gasteiger charge is 2.32. The fourth-order valence-electron chi connectivity index (χ4n) is 17.3. The normalized spacial score (nSPS) is 11.9. The molecule has 0 bridgehead atoms. The molecule has 0 aliphatic rings. The van der Waals surface area contributed by atoms with Crippen molar-refractivity contribution in [2.45, 2.75) is 78.6 Å². The molecule has 0 atom stereocenters. The lowest BCUT2D eigenvalue weighted by molar-refractivity contribution is 0.460. The maximum Gasteiger partial charge on any atom is 0.151 e. The number of nitrogens with zero attached hydrogens (tertiary/aromatic N) is 4. The summed E-state index contributed by atoms with van der Waals surface area (Å²) in [6, 6.07) is 148. The van der Waals surface area contributed by atoms with Crippen molar-refractivity contribution in [3.05, 3.63) is 423 Å². The van der Waals surface area contributed by atoms with Crippen molar-refractivity contribution in [1.29, 1.82) is 0 Å². The summed E-state index contributed by atoms with van der Waals surface area (Å²) < 4.78 is 20.1. The van der Waals surface area contributed by atoms with E-state index >= 15 is 0 Å². The topological polar surface area (TPSA) is 34.8 Å². The van der Waals surface area contributed by atoms with Crippen LogP contribution in [0.1, 0.15) is 79.0 Å². The zero-order chi connectivity index (χ0) is 81.8. The molecule has 0 spiro atoms. The summed E-state index contributed by atoms with van der Waals surface area (Å²) in [5.41, 5.74) is 27.9. The van der Waals surface area contributed by atoms with Crippen LogP contribution in [-0.4, -0.2) is 9.13 Å². The predicted octanol–water partition coefficient (Wildman–Crippen LogP) is 32.3. The summed E-state index contributed by atoms with van der Waals surface area (Å²) in [4.78, 5) is 5.04. The van der Waals surface area contributed by atoms with Gasteiger partial charge in [-0.3, -0.25) is 0 Å². The van der Waals surface area contributed by atoms with Crippen LogP contribution in [0, 0.1) is 0 Å². The second kappa shape index (κ2) is 31.2. The first kappa shape index (κ1) is 75.6. The fraction of sp³-hybridized carbons (Fsp3) is 0.105. The van der Waals surface area contributed by atoms with E-state index in [1.807, 2.05) is 0 Å². The van der Waals surface area contributed by atoms with Crippen molar-refractivity contribution >= 4 is 77.7 Å². The Morgan fingerprint density at radius 2 is 0.583 bits per heavy atom. The first-order valence-electron chi connectivity index (χ1n) is 41.7. The average Bonchev–Trinajstić information content (AvgIpc) is 1.41. The zero-order valence-corrected chi connectivity index (χ0v) is 69.3. The Kier molecular flexibility index (Phi) is 19.6. The highest BCUT2D eigenvalue weighted by Crippen LogP contribution is 2.54. The van der Waals surface area contributed by atoms with Gasteiger partial charge in [0.15, 0.2) is 5.75 Å². The van der Waals surface area contributed by atoms with E-state index in [4.69, 9.17) is 9.47 Å². The number of para-hydroxylation sites is 4. The van der Waals surface area contributed by atoms with Crippen LogP contribution in [0.15, 0.2) is 406 Å². The van der Waals surface area contributed by atoms with Gasteiger partial charge in [-0.15, -0.1) is 0 Å². The lowest BCUT2D eigenvalue weighted by Crippen LogP contribution is -2.19. The van der Waals surface area contributed by atoms with Gasteiger partial charge >= 0.3 is 0 Å². The summed E-state index contributed by atoms with van der Waals surface area (Å²) in [7, 11) is 0. The predicted molar refractivity (Wildman–Crippen MR) is 506 cm³/mol. The minimum atomic E-state index is -0.437. The molecule has 0 saturated heterocycles. The van der Waals surface area contributed by atoms with Crippen molar-refractivity contribution in [3.63, 3.8) is 0 Å². The Labute approximate surface area is 704 Å². The summed E-state index contributed by atoms with van der Waals surface area (Å²) in [5, 5.41) is 4.76. The number of aromatic nitrogens is 2. The third-order valence-electron chi connectivity index (χ3n) is 23.4. The van der Waals surface area contributed by atoms with Gasteiger partial charge in [-0.1, -0.05) is 353 Å². The second-order valence-electron chi connectivity index (χ2n) is 34.5. The molecule has 17 aromatic carbocycles. The summed E-state index contributed by atoms with van der Waals surface area (Å²) >= 11 is 0. The largest absolute Gasteiger partial charge is 0.457 e. The molecule has 0 unspecified atom stereocenters. The Morgan fingerprint density at radius 1 is 0.217 bits per heavy atom. The number of ether oxygens (including phenoxy) is 2. The van der Waals surface area contributed by atoms with Crippen molar-refractivity contribution in [2.24, 2.45) is 0 Å². The van der Waals surface area contributed by atoms with Crippen LogP contribution in [0.25, 0.3) is 122 Å². The molecule has 0 fully saturated rings. The van der Waals surface area contributed by atoms with E-state index in [-0.39, 0.29) is 10.8 Å². The number of hydrogen-bond donors (Lipinski definition) is 0. The van der Waals surface area contributed by atoms with Crippen LogP contribution in [0.3, 0.4) is 0 Å². The number of rotatable bonds is 18. The zero-order valence-electron chi connectivity index (χ0n) is 69.3. The van der Waals surface area contributed by atoms with Crippen LogP contribution in [0.4, 0.5) is 34.1 Å². The molecular formula is C114H94N4O2. The van der Waals surface area contributed by atoms with Gasteiger partial charge in [0.2, 0.25) is 0 Å². The smallest absolute Gasteiger partial charge is 0.151 e. The summed E-state index contributed by atoms with van der Waals surface area (Å²) in [6.07, 6.45) is 0. The Hall–Kier alpha value is -14.5. The fourth-order valence-corrected chi connectivity index (χ4v) is 17.3. The second-order valence-corrected chi connectivity index (χ2v) is 34.5. The van der Waals surface area contributed by atoms with Gasteiger partial charge < -0.3 is 28.4 Å². The molecule has 0 radical (unpaired) electrons. The monoisotopic (exact) mass is 1550 g/mol. The van der Waals surface area contributed by atoms with Crippen molar-refractivity contribution in [1.82, 2.24) is 9.13 Å². The van der Waals surface area contributed by atoms with Crippen LogP contribution in [-0.2, 0) is 16.2 Å². The Bertz CT molecular complexity index is 6750. The van der Waals surface area contributed by atoms with Crippen molar-refractivity contribution < 1.29 is 9.47 Å². The lowest BCUT2D eigenvalue weighted by atomic mass is 9.85. The van der Waals surface area contributed by atoms with Crippen LogP contribution >= 0.6 is 0 Å². The standard InChI is InChI=1S/C114H94N4O2/c1-112(2,3)85-60-64-106-102(70-85)103-71-86(113(4,5)6)61-65-107(103)117(106)89-48-32-47-88(72-89)115(110-96(80-39-20-12-21-40-80)51-33-52-97(110)81-41-22-13-23-42-81)90-68-87(114(7,8)9)69-91(73-90)116(111-98(82-43-24-14-25-44-82)53-34-54-99(111)83-45-26-15-27-46-83)92-74-94(119-93-62-57-79(58-63-93)77-35-16-10-17-36-77)76-95(75-92)120-109-66-59-84(78-37-18-11-19-38-78)67-108(109)118-104-55-30-28-49-100(104)101-50-29-31-56-105(101)118/h10-76H,1-9H3. The van der Waals surface area contributed by atoms with Gasteiger partial charge in [0.1, 0.15) is 17.2 Å². The maximum absolute atomic E-state index is 7.83. The van der Waals surface area contributed by atoms with E-state index in [1.165, 1.54) is 21.9 Å². The maximum atomic E-state index is 7.83. The highest BCUT2D eigenvalue weighted by atomic mass is 16.5. The van der Waals surface area contributed by atoms with Gasteiger partial charge in [-0.25, -0.2) is 0 Å². The molecule has 0 saturated carbocycles. The molecule has 0 N–H and O–H groups in total. The molecule has 582 valence electrons. The highest BCUT2D eigenvalue weighted by molar-refractivity contribution is 6.12. The molecule has 6 heteroatoms. The number of hydrogen-bond acceptors (Lipinski definition) is 4. The molecule has 0 aliphatic heterocycles. The third kappa shape index (κ3) is 14.7. The van der Waals surface area contributed by atoms with E-state index in [1.54, 1.807) is 0 Å². The van der Waals surface area contributed by atoms with Gasteiger partial charge in [-0.2, -0.15) is 0 Å². The van der Waals surface area contributed by atoms with Crippen LogP contribution < -0.4 is 19.3 Å². The molecule has 19 rings (SSSR count). The molecule has 2 heterocycles. The molecule has 0 aliphatic carbocycles. The minimum absolute atomic E-state index is 0.0756. The van der Waals surface area contributed by atoms with Crippen molar-refractivity contribution in [2.75, 3.05) is 9.80 Å². The third-order valence-corrected chi connectivity index (χ3v) is 23.4. The van der Waals surface area contributed by atoms with Crippen LogP contribution in [0.2, 0.25) is 0 Å². The van der Waals surface area contributed by atoms with Gasteiger partial charge in [-0.05, 0) is 175 Å². The van der Waals surface area contributed by atoms with E-state index in [2.05, 4.69) is 488 Å². The SMILES string of the molecule is CC(C)(C)c1cc(N(c2cc(Oc3ccc(-c4ccccc4)cc3)cc(Oc3ccc(-c4ccccc4)cc3-n3c4ccccc4c4ccccc43)c2)c2c(-c3ccccc3)cccc2-c2ccccc2)cc(N(c2cccc(-n3c4ccc(C(C)(C)C)cc4c4cc(C(C)(C)C)ccc43)c2)c2c(-c3ccccc3)cccc2-c2ccccc2)c1. The number of anilines is 6. The van der Waals surface area contributed by atoms with E-state index in [0.29, 0.717) is 23.0 Å². The van der Waals surface area contributed by atoms with E-state index in [0.717, 1.165) is 151 Å². The number of fused-ring (bicyclic) bond motifs is 6. The van der Waals surface area contributed by atoms with Crippen LogP contribution in [0.5, 0.6) is 23.0 Å². The lowest BCUT2D eigenvalue weighted by Gasteiger charge is -2.35. The minimum Gasteiger partial charge on any atom is -0.457 e. The van der Waals surface area contributed by atoms with Crippen molar-refractivity contribution in [3.8, 4) is 101 Å².